The van der Waals surface area contributed by atoms with Gasteiger partial charge in [-0.05, 0) is 77.3 Å². The summed E-state index contributed by atoms with van der Waals surface area (Å²) in [5.41, 5.74) is 2.25. The van der Waals surface area contributed by atoms with Crippen LogP contribution in [-0.2, 0) is 9.53 Å². The van der Waals surface area contributed by atoms with Crippen LogP contribution in [0.5, 0.6) is 0 Å². The number of benzene rings is 2. The Bertz CT molecular complexity index is 1180. The number of hydrogen-bond acceptors (Lipinski definition) is 6. The van der Waals surface area contributed by atoms with Crippen molar-refractivity contribution >= 4 is 35.4 Å². The number of urea groups is 1. The van der Waals surface area contributed by atoms with E-state index in [0.717, 1.165) is 34.9 Å². The average molecular weight is 559 g/mol. The number of alkyl carbamates (subject to hydrolysis) is 1. The molecule has 4 amide bonds. The van der Waals surface area contributed by atoms with E-state index in [1.54, 1.807) is 20.8 Å². The van der Waals surface area contributed by atoms with E-state index in [-0.39, 0.29) is 54.0 Å². The molecule has 1 atom stereocenters. The van der Waals surface area contributed by atoms with Crippen LogP contribution >= 0.6 is 0 Å². The fraction of sp³-hybridized carbons (Fsp3) is 0.385. The summed E-state index contributed by atoms with van der Waals surface area (Å²) >= 11 is 0. The van der Waals surface area contributed by atoms with Crippen molar-refractivity contribution in [3.63, 3.8) is 0 Å². The SMILES string of the molecule is Cc1cc(C)c(NC(=O)Nc2cc(F)ccc2C(=O)N[C@@H](CCNC(=O)OC(C)(C)C)C(=O)O)c(C)c1.O.[Li+].[OH-]. The predicted octanol–water partition coefficient (Wildman–Crippen LogP) is 0.495. The number of hydrogen-bond donors (Lipinski definition) is 5. The molecule has 2 aromatic rings. The molecule has 0 fully saturated rings. The number of anilines is 2. The zero-order valence-electron chi connectivity index (χ0n) is 23.7. The molecular formula is C26H36FLiN4O8. The zero-order chi connectivity index (χ0) is 27.9. The van der Waals surface area contributed by atoms with Gasteiger partial charge in [0.05, 0.1) is 11.3 Å². The Balaban J connectivity index is 0. The molecule has 0 aliphatic carbocycles. The second-order valence-corrected chi connectivity index (χ2v) is 9.62. The number of aryl methyl sites for hydroxylation is 3. The van der Waals surface area contributed by atoms with E-state index in [1.807, 2.05) is 32.9 Å². The summed E-state index contributed by atoms with van der Waals surface area (Å²) in [5, 5.41) is 19.4. The molecule has 0 saturated heterocycles. The molecular weight excluding hydrogens is 522 g/mol. The number of nitrogens with one attached hydrogen (secondary N) is 4. The van der Waals surface area contributed by atoms with E-state index in [9.17, 15) is 28.7 Å². The van der Waals surface area contributed by atoms with E-state index >= 15 is 0 Å². The standard InChI is InChI=1S/C26H33FN4O6.Li.2H2O/c1-14-11-15(2)21(16(3)12-14)31-24(35)30-20-13-17(27)7-8-18(20)22(32)29-19(23(33)34)9-10-28-25(36)37-26(4,5)6;;;/h7-8,11-13,19H,9-10H2,1-6H3,(H,28,36)(H,29,32)(H,33,34)(H2,30,31,35);;2*1H2/q;+1;;/p-1/t19-;;;/m0.../s1. The van der Waals surface area contributed by atoms with Gasteiger partial charge in [0.2, 0.25) is 0 Å². The Morgan fingerprint density at radius 2 is 1.57 bits per heavy atom. The van der Waals surface area contributed by atoms with Gasteiger partial charge in [0.1, 0.15) is 17.5 Å². The summed E-state index contributed by atoms with van der Waals surface area (Å²) in [5.74, 6) is -2.88. The van der Waals surface area contributed by atoms with Gasteiger partial charge in [-0.25, -0.2) is 18.8 Å². The van der Waals surface area contributed by atoms with Gasteiger partial charge >= 0.3 is 37.0 Å². The quantitative estimate of drug-likeness (QED) is 0.290. The Labute approximate surface area is 244 Å². The molecule has 0 aromatic heterocycles. The minimum absolute atomic E-state index is 0. The van der Waals surface area contributed by atoms with Gasteiger partial charge < -0.3 is 42.1 Å². The van der Waals surface area contributed by atoms with E-state index in [1.165, 1.54) is 0 Å². The number of carboxylic acid groups (broad SMARTS) is 1. The number of carboxylic acids is 1. The van der Waals surface area contributed by atoms with E-state index in [2.05, 4.69) is 21.3 Å². The second kappa shape index (κ2) is 16.5. The van der Waals surface area contributed by atoms with Gasteiger partial charge in [0.25, 0.3) is 5.91 Å². The predicted molar refractivity (Wildman–Crippen MR) is 143 cm³/mol. The van der Waals surface area contributed by atoms with Crippen LogP contribution in [0.3, 0.4) is 0 Å². The van der Waals surface area contributed by atoms with Crippen molar-refractivity contribution in [2.75, 3.05) is 17.2 Å². The number of aliphatic carboxylic acids is 1. The van der Waals surface area contributed by atoms with Gasteiger partial charge in [0.15, 0.2) is 0 Å². The molecule has 0 saturated carbocycles. The molecule has 14 heteroatoms. The summed E-state index contributed by atoms with van der Waals surface area (Å²) in [6.45, 7) is 10.6. The minimum Gasteiger partial charge on any atom is -0.870 e. The minimum atomic E-state index is -1.37. The molecule has 2 rings (SSSR count). The molecule has 0 radical (unpaired) electrons. The molecule has 2 aromatic carbocycles. The maximum Gasteiger partial charge on any atom is 1.00 e. The third kappa shape index (κ3) is 12.0. The van der Waals surface area contributed by atoms with Gasteiger partial charge in [-0.15, -0.1) is 0 Å². The van der Waals surface area contributed by atoms with Crippen LogP contribution in [0.15, 0.2) is 30.3 Å². The Morgan fingerprint density at radius 1 is 1.00 bits per heavy atom. The maximum atomic E-state index is 14.0. The Hall–Kier alpha value is -3.63. The first-order chi connectivity index (χ1) is 17.2. The molecule has 0 bridgehead atoms. The van der Waals surface area contributed by atoms with Crippen LogP contribution in [0.1, 0.15) is 54.2 Å². The maximum absolute atomic E-state index is 14.0. The van der Waals surface area contributed by atoms with Gasteiger partial charge in [0, 0.05) is 12.2 Å². The fourth-order valence-electron chi connectivity index (χ4n) is 3.59. The molecule has 12 nitrogen and oxygen atoms in total. The molecule has 0 heterocycles. The van der Waals surface area contributed by atoms with Crippen LogP contribution in [0.25, 0.3) is 0 Å². The van der Waals surface area contributed by atoms with Crippen molar-refractivity contribution in [2.45, 2.75) is 59.6 Å². The average Bonchev–Trinajstić information content (AvgIpc) is 2.74. The number of halogens is 1. The first kappa shape index (κ1) is 38.5. The number of carbonyl (C=O) groups is 4. The van der Waals surface area contributed by atoms with Crippen molar-refractivity contribution in [1.29, 1.82) is 0 Å². The molecule has 40 heavy (non-hydrogen) atoms. The molecule has 0 unspecified atom stereocenters. The number of amides is 4. The van der Waals surface area contributed by atoms with Crippen molar-refractivity contribution in [3.8, 4) is 0 Å². The second-order valence-electron chi connectivity index (χ2n) is 9.62. The van der Waals surface area contributed by atoms with Gasteiger partial charge in [-0.1, -0.05) is 17.7 Å². The van der Waals surface area contributed by atoms with Crippen LogP contribution < -0.4 is 40.1 Å². The molecule has 0 aliphatic rings. The zero-order valence-corrected chi connectivity index (χ0v) is 23.7. The smallest absolute Gasteiger partial charge is 0.870 e. The van der Waals surface area contributed by atoms with Crippen LogP contribution in [0.2, 0.25) is 0 Å². The monoisotopic (exact) mass is 558 g/mol. The topological polar surface area (TPSA) is 207 Å². The Morgan fingerprint density at radius 3 is 2.10 bits per heavy atom. The molecule has 8 N–H and O–H groups in total. The summed E-state index contributed by atoms with van der Waals surface area (Å²) in [6, 6.07) is 4.84. The van der Waals surface area contributed by atoms with Gasteiger partial charge in [-0.3, -0.25) is 4.79 Å². The normalized spacial score (nSPS) is 10.9. The largest absolute Gasteiger partial charge is 1.00 e. The van der Waals surface area contributed by atoms with Crippen LogP contribution in [0, 0.1) is 26.6 Å². The van der Waals surface area contributed by atoms with E-state index in [4.69, 9.17) is 4.74 Å². The van der Waals surface area contributed by atoms with Crippen molar-refractivity contribution in [2.24, 2.45) is 0 Å². The fourth-order valence-corrected chi connectivity index (χ4v) is 3.59. The van der Waals surface area contributed by atoms with E-state index < -0.39 is 41.5 Å². The van der Waals surface area contributed by atoms with Crippen molar-refractivity contribution < 1.29 is 63.2 Å². The van der Waals surface area contributed by atoms with Gasteiger partial charge in [-0.2, -0.15) is 0 Å². The number of carbonyl (C=O) groups excluding carboxylic acids is 3. The van der Waals surface area contributed by atoms with Crippen molar-refractivity contribution in [3.05, 3.63) is 58.4 Å². The van der Waals surface area contributed by atoms with Crippen molar-refractivity contribution in [1.82, 2.24) is 10.6 Å². The number of rotatable bonds is 8. The Kier molecular flexibility index (Phi) is 15.9. The summed E-state index contributed by atoms with van der Waals surface area (Å²) in [6.07, 6.45) is -0.866. The number of ether oxygens (including phenoxy) is 1. The molecule has 0 spiro atoms. The third-order valence-corrected chi connectivity index (χ3v) is 5.09. The van der Waals surface area contributed by atoms with E-state index in [0.29, 0.717) is 5.69 Å². The summed E-state index contributed by atoms with van der Waals surface area (Å²) < 4.78 is 19.1. The van der Waals surface area contributed by atoms with Crippen LogP contribution in [-0.4, -0.2) is 58.2 Å². The summed E-state index contributed by atoms with van der Waals surface area (Å²) in [7, 11) is 0. The van der Waals surface area contributed by atoms with Crippen LogP contribution in [0.4, 0.5) is 25.4 Å². The summed E-state index contributed by atoms with van der Waals surface area (Å²) in [4.78, 5) is 49.0. The first-order valence-electron chi connectivity index (χ1n) is 11.6. The molecule has 0 aliphatic heterocycles. The first-order valence-corrected chi connectivity index (χ1v) is 11.6. The third-order valence-electron chi connectivity index (χ3n) is 5.09. The molecule has 216 valence electrons.